The first-order chi connectivity index (χ1) is 7.83. The van der Waals surface area contributed by atoms with E-state index in [0.29, 0.717) is 0 Å². The number of rotatable bonds is 5. The van der Waals surface area contributed by atoms with Gasteiger partial charge in [-0.2, -0.15) is 5.10 Å². The van der Waals surface area contributed by atoms with Crippen molar-refractivity contribution < 1.29 is 0 Å². The van der Waals surface area contributed by atoms with Crippen molar-refractivity contribution in [3.05, 3.63) is 22.8 Å². The maximum atomic E-state index is 4.57. The van der Waals surface area contributed by atoms with Crippen LogP contribution in [0.1, 0.15) is 18.9 Å². The smallest absolute Gasteiger partial charge is 0.107 e. The van der Waals surface area contributed by atoms with Crippen LogP contribution < -0.4 is 5.32 Å². The van der Waals surface area contributed by atoms with Gasteiger partial charge in [0.25, 0.3) is 0 Å². The summed E-state index contributed by atoms with van der Waals surface area (Å²) in [5.41, 5.74) is 2.12. The lowest BCUT2D eigenvalue weighted by Crippen LogP contribution is -2.11. The molecule has 0 unspecified atom stereocenters. The predicted molar refractivity (Wildman–Crippen MR) is 66.4 cm³/mol. The fourth-order valence-electron chi connectivity index (χ4n) is 1.43. The molecule has 2 aromatic heterocycles. The highest BCUT2D eigenvalue weighted by Crippen LogP contribution is 2.21. The summed E-state index contributed by atoms with van der Waals surface area (Å²) < 4.78 is 1.92. The molecular formula is C11H16N4S. The fourth-order valence-corrected chi connectivity index (χ4v) is 2.20. The van der Waals surface area contributed by atoms with Gasteiger partial charge in [0.1, 0.15) is 5.01 Å². The van der Waals surface area contributed by atoms with Gasteiger partial charge in [-0.05, 0) is 13.5 Å². The third kappa shape index (κ3) is 2.48. The van der Waals surface area contributed by atoms with Crippen LogP contribution >= 0.6 is 11.3 Å². The SMILES string of the molecule is CCNCc1nc(-c2cnn(CC)c2)cs1. The van der Waals surface area contributed by atoms with Gasteiger partial charge >= 0.3 is 0 Å². The van der Waals surface area contributed by atoms with Gasteiger partial charge in [0.2, 0.25) is 0 Å². The minimum atomic E-state index is 0.850. The van der Waals surface area contributed by atoms with E-state index in [1.54, 1.807) is 11.3 Å². The molecule has 0 aliphatic carbocycles. The first-order valence-corrected chi connectivity index (χ1v) is 6.39. The Kier molecular flexibility index (Phi) is 3.69. The zero-order chi connectivity index (χ0) is 11.4. The summed E-state index contributed by atoms with van der Waals surface area (Å²) in [6.07, 6.45) is 3.90. The highest BCUT2D eigenvalue weighted by atomic mass is 32.1. The Labute approximate surface area is 99.3 Å². The number of nitrogens with zero attached hydrogens (tertiary/aromatic N) is 3. The Morgan fingerprint density at radius 2 is 2.31 bits per heavy atom. The average Bonchev–Trinajstić information content (AvgIpc) is 2.94. The van der Waals surface area contributed by atoms with Crippen LogP contribution in [0.25, 0.3) is 11.3 Å². The van der Waals surface area contributed by atoms with E-state index in [9.17, 15) is 0 Å². The summed E-state index contributed by atoms with van der Waals surface area (Å²) in [5.74, 6) is 0. The zero-order valence-electron chi connectivity index (χ0n) is 9.60. The van der Waals surface area contributed by atoms with E-state index < -0.39 is 0 Å². The fraction of sp³-hybridized carbons (Fsp3) is 0.455. The molecule has 0 fully saturated rings. The maximum absolute atomic E-state index is 4.57. The summed E-state index contributed by atoms with van der Waals surface area (Å²) in [7, 11) is 0. The van der Waals surface area contributed by atoms with E-state index in [4.69, 9.17) is 0 Å². The van der Waals surface area contributed by atoms with Crippen LogP contribution in [-0.2, 0) is 13.1 Å². The first kappa shape index (κ1) is 11.3. The van der Waals surface area contributed by atoms with Crippen molar-refractivity contribution in [2.75, 3.05) is 6.54 Å². The van der Waals surface area contributed by atoms with Crippen LogP contribution in [0.3, 0.4) is 0 Å². The van der Waals surface area contributed by atoms with Crippen molar-refractivity contribution in [1.29, 1.82) is 0 Å². The van der Waals surface area contributed by atoms with Crippen molar-refractivity contribution >= 4 is 11.3 Å². The summed E-state index contributed by atoms with van der Waals surface area (Å²) in [6, 6.07) is 0. The second-order valence-corrected chi connectivity index (χ2v) is 4.43. The Morgan fingerprint density at radius 1 is 1.44 bits per heavy atom. The number of thiazole rings is 1. The van der Waals surface area contributed by atoms with E-state index >= 15 is 0 Å². The van der Waals surface area contributed by atoms with Crippen molar-refractivity contribution in [3.63, 3.8) is 0 Å². The summed E-state index contributed by atoms with van der Waals surface area (Å²) in [6.45, 7) is 6.90. The lowest BCUT2D eigenvalue weighted by atomic mass is 10.3. The molecule has 0 saturated carbocycles. The second kappa shape index (κ2) is 5.23. The molecule has 2 rings (SSSR count). The average molecular weight is 236 g/mol. The molecule has 0 amide bonds. The molecular weight excluding hydrogens is 220 g/mol. The molecule has 0 atom stereocenters. The molecule has 0 aliphatic heterocycles. The van der Waals surface area contributed by atoms with E-state index in [1.165, 1.54) is 0 Å². The molecule has 0 aromatic carbocycles. The number of nitrogens with one attached hydrogen (secondary N) is 1. The predicted octanol–water partition coefficient (Wildman–Crippen LogP) is 2.14. The Balaban J connectivity index is 2.11. The lowest BCUT2D eigenvalue weighted by Gasteiger charge is -1.95. The van der Waals surface area contributed by atoms with Crippen LogP contribution in [0, 0.1) is 0 Å². The van der Waals surface area contributed by atoms with E-state index in [2.05, 4.69) is 34.6 Å². The Hall–Kier alpha value is -1.20. The van der Waals surface area contributed by atoms with E-state index in [0.717, 1.165) is 35.9 Å². The number of hydrogen-bond acceptors (Lipinski definition) is 4. The molecule has 2 aromatic rings. The summed E-state index contributed by atoms with van der Waals surface area (Å²) in [5, 5.41) is 10.7. The van der Waals surface area contributed by atoms with Crippen LogP contribution in [0.15, 0.2) is 17.8 Å². The molecule has 2 heterocycles. The van der Waals surface area contributed by atoms with Crippen molar-refractivity contribution in [2.45, 2.75) is 26.9 Å². The van der Waals surface area contributed by atoms with Crippen LogP contribution in [-0.4, -0.2) is 21.3 Å². The standard InChI is InChI=1S/C11H16N4S/c1-3-12-6-11-14-10(8-16-11)9-5-13-15(4-2)7-9/h5,7-8,12H,3-4,6H2,1-2H3. The van der Waals surface area contributed by atoms with Gasteiger partial charge in [0.15, 0.2) is 0 Å². The van der Waals surface area contributed by atoms with E-state index in [1.807, 2.05) is 17.1 Å². The van der Waals surface area contributed by atoms with Crippen LogP contribution in [0.4, 0.5) is 0 Å². The zero-order valence-corrected chi connectivity index (χ0v) is 10.4. The quantitative estimate of drug-likeness (QED) is 0.865. The monoisotopic (exact) mass is 236 g/mol. The largest absolute Gasteiger partial charge is 0.311 e. The first-order valence-electron chi connectivity index (χ1n) is 5.51. The highest BCUT2D eigenvalue weighted by molar-refractivity contribution is 7.09. The minimum Gasteiger partial charge on any atom is -0.311 e. The summed E-state index contributed by atoms with van der Waals surface area (Å²) in [4.78, 5) is 4.57. The Bertz CT molecular complexity index is 446. The summed E-state index contributed by atoms with van der Waals surface area (Å²) >= 11 is 1.69. The molecule has 0 radical (unpaired) electrons. The van der Waals surface area contributed by atoms with Crippen molar-refractivity contribution in [1.82, 2.24) is 20.1 Å². The number of aromatic nitrogens is 3. The normalized spacial score (nSPS) is 10.9. The molecule has 0 aliphatic rings. The Morgan fingerprint density at radius 3 is 3.00 bits per heavy atom. The van der Waals surface area contributed by atoms with Gasteiger partial charge in [0.05, 0.1) is 11.9 Å². The second-order valence-electron chi connectivity index (χ2n) is 3.49. The van der Waals surface area contributed by atoms with Crippen molar-refractivity contribution in [2.24, 2.45) is 0 Å². The molecule has 0 saturated heterocycles. The third-order valence-electron chi connectivity index (χ3n) is 2.33. The van der Waals surface area contributed by atoms with Gasteiger partial charge < -0.3 is 5.32 Å². The van der Waals surface area contributed by atoms with Gasteiger partial charge in [0, 0.05) is 30.2 Å². The molecule has 1 N–H and O–H groups in total. The van der Waals surface area contributed by atoms with Crippen LogP contribution in [0.2, 0.25) is 0 Å². The van der Waals surface area contributed by atoms with Gasteiger partial charge in [-0.1, -0.05) is 6.92 Å². The number of hydrogen-bond donors (Lipinski definition) is 1. The molecule has 0 bridgehead atoms. The third-order valence-corrected chi connectivity index (χ3v) is 3.18. The molecule has 4 nitrogen and oxygen atoms in total. The molecule has 16 heavy (non-hydrogen) atoms. The van der Waals surface area contributed by atoms with Crippen LogP contribution in [0.5, 0.6) is 0 Å². The van der Waals surface area contributed by atoms with Gasteiger partial charge in [-0.15, -0.1) is 11.3 Å². The molecule has 5 heteroatoms. The highest BCUT2D eigenvalue weighted by Gasteiger charge is 2.06. The maximum Gasteiger partial charge on any atom is 0.107 e. The van der Waals surface area contributed by atoms with Crippen molar-refractivity contribution in [3.8, 4) is 11.3 Å². The topological polar surface area (TPSA) is 42.7 Å². The lowest BCUT2D eigenvalue weighted by molar-refractivity contribution is 0.660. The van der Waals surface area contributed by atoms with E-state index in [-0.39, 0.29) is 0 Å². The van der Waals surface area contributed by atoms with Gasteiger partial charge in [-0.25, -0.2) is 4.98 Å². The molecule has 86 valence electrons. The number of aryl methyl sites for hydroxylation is 1. The minimum absolute atomic E-state index is 0.850. The van der Waals surface area contributed by atoms with Gasteiger partial charge in [-0.3, -0.25) is 4.68 Å². The molecule has 0 spiro atoms.